The maximum Gasteiger partial charge on any atom is 0.294 e. The number of benzene rings is 2. The number of hydrogen-bond donors (Lipinski definition) is 0. The molecule has 0 aliphatic carbocycles. The Morgan fingerprint density at radius 3 is 2.25 bits per heavy atom. The van der Waals surface area contributed by atoms with Crippen LogP contribution in [-0.4, -0.2) is 97.3 Å². The lowest BCUT2D eigenvalue weighted by molar-refractivity contribution is -0.124. The molecule has 0 radical (unpaired) electrons. The Hall–Kier alpha value is -3.77. The van der Waals surface area contributed by atoms with E-state index in [2.05, 4.69) is 4.90 Å². The monoisotopic (exact) mass is 572 g/mol. The molecule has 2 aromatic carbocycles. The van der Waals surface area contributed by atoms with Gasteiger partial charge in [0.2, 0.25) is 10.0 Å². The molecular formula is C28H33FN4O6S. The average Bonchev–Trinajstić information content (AvgIpc) is 3.28. The van der Waals surface area contributed by atoms with Crippen LogP contribution in [0.4, 0.5) is 4.39 Å². The van der Waals surface area contributed by atoms with Gasteiger partial charge in [0.05, 0.1) is 30.0 Å². The molecule has 2 heterocycles. The Morgan fingerprint density at radius 1 is 1.02 bits per heavy atom. The summed E-state index contributed by atoms with van der Waals surface area (Å²) in [5.74, 6) is -2.21. The van der Waals surface area contributed by atoms with Crippen molar-refractivity contribution in [3.8, 4) is 5.75 Å². The fraction of sp³-hybridized carbons (Fsp3) is 0.393. The Kier molecular flexibility index (Phi) is 8.04. The molecule has 0 saturated carbocycles. The number of methoxy groups -OCH3 is 1. The van der Waals surface area contributed by atoms with Gasteiger partial charge in [-0.1, -0.05) is 12.1 Å². The number of amides is 2. The van der Waals surface area contributed by atoms with Crippen LogP contribution < -0.4 is 4.74 Å². The Labute approximate surface area is 232 Å². The third-order valence-electron chi connectivity index (χ3n) is 7.20. The van der Waals surface area contributed by atoms with Gasteiger partial charge < -0.3 is 14.5 Å². The molecule has 2 amide bonds. The van der Waals surface area contributed by atoms with Crippen molar-refractivity contribution in [2.75, 3.05) is 40.6 Å². The summed E-state index contributed by atoms with van der Waals surface area (Å²) < 4.78 is 44.8. The van der Waals surface area contributed by atoms with Crippen LogP contribution in [0, 0.1) is 5.82 Å². The fourth-order valence-corrected chi connectivity index (χ4v) is 5.82. The number of piperazine rings is 1. The van der Waals surface area contributed by atoms with E-state index in [0.29, 0.717) is 19.6 Å². The molecule has 1 aliphatic rings. The van der Waals surface area contributed by atoms with Crippen molar-refractivity contribution in [2.45, 2.75) is 32.5 Å². The van der Waals surface area contributed by atoms with Crippen LogP contribution in [0.25, 0.3) is 10.9 Å². The summed E-state index contributed by atoms with van der Waals surface area (Å²) >= 11 is 0. The lowest BCUT2D eigenvalue weighted by Crippen LogP contribution is -2.57. The van der Waals surface area contributed by atoms with Crippen molar-refractivity contribution in [1.82, 2.24) is 18.7 Å². The quantitative estimate of drug-likeness (QED) is 0.316. The van der Waals surface area contributed by atoms with Gasteiger partial charge >= 0.3 is 0 Å². The Morgan fingerprint density at radius 2 is 1.68 bits per heavy atom. The number of carbonyl (C=O) groups is 3. The van der Waals surface area contributed by atoms with Gasteiger partial charge in [0.15, 0.2) is 0 Å². The van der Waals surface area contributed by atoms with Crippen LogP contribution >= 0.6 is 0 Å². The zero-order chi connectivity index (χ0) is 29.5. The zero-order valence-electron chi connectivity index (χ0n) is 23.3. The first-order valence-electron chi connectivity index (χ1n) is 12.7. The molecule has 40 heavy (non-hydrogen) atoms. The highest BCUT2D eigenvalue weighted by Gasteiger charge is 2.35. The second kappa shape index (κ2) is 11.0. The van der Waals surface area contributed by atoms with E-state index in [-0.39, 0.29) is 51.6 Å². The number of fused-ring (bicyclic) bond motifs is 1. The number of likely N-dealkylation sites (N-methyl/N-ethyl adjacent to an activating group) is 1. The minimum Gasteiger partial charge on any atom is -0.496 e. The molecule has 10 nitrogen and oxygen atoms in total. The highest BCUT2D eigenvalue weighted by atomic mass is 32.2. The number of nitrogens with zero attached hydrogens (tertiary/aromatic N) is 4. The van der Waals surface area contributed by atoms with Crippen molar-refractivity contribution < 1.29 is 31.9 Å². The SMILES string of the molecule is COc1cc2c(cc1C(=O)N1CC(C)N(Cc3ccc(F)cc3)CC1C)c(C(=O)C(=O)N(C)C)cn2S(C)(=O)=O. The van der Waals surface area contributed by atoms with E-state index in [1.807, 2.05) is 13.8 Å². The molecule has 0 spiro atoms. The van der Waals surface area contributed by atoms with E-state index in [1.165, 1.54) is 45.5 Å². The van der Waals surface area contributed by atoms with Crippen LogP contribution in [0.1, 0.15) is 40.1 Å². The van der Waals surface area contributed by atoms with E-state index in [9.17, 15) is 27.2 Å². The fourth-order valence-electron chi connectivity index (χ4n) is 5.01. The number of aromatic nitrogens is 1. The normalized spacial score (nSPS) is 18.1. The Bertz CT molecular complexity index is 1580. The minimum absolute atomic E-state index is 0.0129. The molecule has 1 saturated heterocycles. The number of halogens is 1. The first kappa shape index (κ1) is 29.2. The molecule has 214 valence electrons. The van der Waals surface area contributed by atoms with Gasteiger partial charge in [-0.05, 0) is 37.6 Å². The number of hydrogen-bond acceptors (Lipinski definition) is 7. The number of rotatable bonds is 7. The molecule has 4 rings (SSSR count). The van der Waals surface area contributed by atoms with Crippen molar-refractivity contribution in [3.05, 3.63) is 65.1 Å². The lowest BCUT2D eigenvalue weighted by atomic mass is 10.0. The van der Waals surface area contributed by atoms with Gasteiger partial charge in [-0.25, -0.2) is 16.8 Å². The summed E-state index contributed by atoms with van der Waals surface area (Å²) in [7, 11) is 0.366. The average molecular weight is 573 g/mol. The van der Waals surface area contributed by atoms with Crippen LogP contribution in [0.3, 0.4) is 0 Å². The van der Waals surface area contributed by atoms with Crippen LogP contribution in [0.5, 0.6) is 5.75 Å². The van der Waals surface area contributed by atoms with E-state index >= 15 is 0 Å². The van der Waals surface area contributed by atoms with Gasteiger partial charge in [0.25, 0.3) is 17.6 Å². The second-order valence-electron chi connectivity index (χ2n) is 10.4. The van der Waals surface area contributed by atoms with E-state index in [0.717, 1.165) is 26.9 Å². The zero-order valence-corrected chi connectivity index (χ0v) is 24.2. The molecule has 1 aromatic heterocycles. The first-order chi connectivity index (χ1) is 18.7. The molecule has 2 unspecified atom stereocenters. The third-order valence-corrected chi connectivity index (χ3v) is 8.22. The predicted octanol–water partition coefficient (Wildman–Crippen LogP) is 2.60. The van der Waals surface area contributed by atoms with Gasteiger partial charge in [-0.3, -0.25) is 19.3 Å². The van der Waals surface area contributed by atoms with Crippen LogP contribution in [0.15, 0.2) is 42.6 Å². The highest BCUT2D eigenvalue weighted by Crippen LogP contribution is 2.33. The number of carbonyl (C=O) groups excluding carboxylic acids is 3. The third kappa shape index (κ3) is 5.59. The standard InChI is InChI=1S/C28H33FN4O6S/c1-17-14-32(18(2)13-31(17)15-19-7-9-20(29)10-8-19)27(35)22-11-21-23(26(34)28(36)30(3)4)16-33(40(6,37)38)24(21)12-25(22)39-5/h7-12,16-18H,13-15H2,1-6H3. The number of ether oxygens (including phenoxy) is 1. The summed E-state index contributed by atoms with van der Waals surface area (Å²) in [6.45, 7) is 5.51. The van der Waals surface area contributed by atoms with Crippen molar-refractivity contribution in [1.29, 1.82) is 0 Å². The molecule has 0 bridgehead atoms. The van der Waals surface area contributed by atoms with E-state index in [4.69, 9.17) is 4.74 Å². The van der Waals surface area contributed by atoms with Gasteiger partial charge in [0, 0.05) is 63.5 Å². The molecule has 1 fully saturated rings. The largest absolute Gasteiger partial charge is 0.496 e. The molecule has 0 N–H and O–H groups in total. The summed E-state index contributed by atoms with van der Waals surface area (Å²) in [6.07, 6.45) is 2.09. The number of ketones is 1. The molecular weight excluding hydrogens is 539 g/mol. The first-order valence-corrected chi connectivity index (χ1v) is 14.6. The predicted molar refractivity (Wildman–Crippen MR) is 149 cm³/mol. The summed E-state index contributed by atoms with van der Waals surface area (Å²) in [4.78, 5) is 44.5. The Balaban J connectivity index is 1.72. The summed E-state index contributed by atoms with van der Waals surface area (Å²) in [5, 5.41) is 0.158. The van der Waals surface area contributed by atoms with Crippen molar-refractivity contribution in [2.24, 2.45) is 0 Å². The smallest absolute Gasteiger partial charge is 0.294 e. The van der Waals surface area contributed by atoms with Gasteiger partial charge in [-0.2, -0.15) is 0 Å². The maximum absolute atomic E-state index is 13.9. The molecule has 12 heteroatoms. The molecule has 1 aliphatic heterocycles. The molecule has 3 aromatic rings. The lowest BCUT2D eigenvalue weighted by Gasteiger charge is -2.44. The number of Topliss-reactive ketones (excluding diaryl/α,β-unsaturated/α-hetero) is 1. The molecule has 2 atom stereocenters. The highest BCUT2D eigenvalue weighted by molar-refractivity contribution is 7.89. The second-order valence-corrected chi connectivity index (χ2v) is 12.3. The van der Waals surface area contributed by atoms with E-state index in [1.54, 1.807) is 17.0 Å². The van der Waals surface area contributed by atoms with Crippen molar-refractivity contribution in [3.63, 3.8) is 0 Å². The topological polar surface area (TPSA) is 109 Å². The maximum atomic E-state index is 13.9. The minimum atomic E-state index is -3.85. The van der Waals surface area contributed by atoms with Crippen LogP contribution in [0.2, 0.25) is 0 Å². The van der Waals surface area contributed by atoms with Gasteiger partial charge in [-0.15, -0.1) is 0 Å². The summed E-state index contributed by atoms with van der Waals surface area (Å²) in [5.41, 5.74) is 1.11. The van der Waals surface area contributed by atoms with Crippen LogP contribution in [-0.2, 0) is 21.4 Å². The van der Waals surface area contributed by atoms with E-state index < -0.39 is 21.7 Å². The summed E-state index contributed by atoms with van der Waals surface area (Å²) in [6, 6.07) is 8.96. The van der Waals surface area contributed by atoms with Crippen molar-refractivity contribution >= 4 is 38.5 Å². The van der Waals surface area contributed by atoms with Gasteiger partial charge in [0.1, 0.15) is 11.6 Å².